The van der Waals surface area contributed by atoms with Crippen LogP contribution in [0.3, 0.4) is 0 Å². The highest BCUT2D eigenvalue weighted by molar-refractivity contribution is 9.10. The molecular formula is C10H6BrClN6. The van der Waals surface area contributed by atoms with E-state index in [4.69, 9.17) is 33.3 Å². The zero-order chi connectivity index (χ0) is 13.7. The molecule has 0 saturated carbocycles. The number of hydrazone groups is 1. The van der Waals surface area contributed by atoms with E-state index in [0.29, 0.717) is 15.7 Å². The molecule has 0 saturated heterocycles. The Labute approximate surface area is 116 Å². The molecule has 0 amide bonds. The van der Waals surface area contributed by atoms with E-state index in [1.165, 1.54) is 6.07 Å². The number of nitriles is 2. The lowest BCUT2D eigenvalue weighted by Crippen LogP contribution is -2.21. The molecule has 0 heterocycles. The Balaban J connectivity index is 3.11. The molecule has 0 aliphatic carbocycles. The Bertz CT molecular complexity index is 587. The molecule has 1 aromatic rings. The van der Waals surface area contributed by atoms with E-state index in [1.54, 1.807) is 12.1 Å². The fourth-order valence-electron chi connectivity index (χ4n) is 1.00. The predicted molar refractivity (Wildman–Crippen MR) is 72.5 cm³/mol. The molecular weight excluding hydrogens is 320 g/mol. The highest BCUT2D eigenvalue weighted by atomic mass is 79.9. The number of amidine groups is 1. The van der Waals surface area contributed by atoms with Crippen molar-refractivity contribution in [3.8, 4) is 12.1 Å². The fraction of sp³-hybridized carbons (Fsp3) is 0. The minimum Gasteiger partial charge on any atom is -0.382 e. The molecule has 0 spiro atoms. The molecule has 0 bridgehead atoms. The van der Waals surface area contributed by atoms with Crippen molar-refractivity contribution < 1.29 is 0 Å². The van der Waals surface area contributed by atoms with Crippen LogP contribution in [0.5, 0.6) is 0 Å². The molecule has 0 aliphatic heterocycles. The SMILES string of the molecule is N#C/C(=N\Nc1c(Cl)cc(C#N)cc1Br)C(=N)N. The van der Waals surface area contributed by atoms with Gasteiger partial charge in [-0.05, 0) is 28.1 Å². The van der Waals surface area contributed by atoms with Gasteiger partial charge in [0.1, 0.15) is 6.07 Å². The normalized spacial score (nSPS) is 10.3. The second kappa shape index (κ2) is 6.01. The van der Waals surface area contributed by atoms with Gasteiger partial charge in [0.25, 0.3) is 0 Å². The van der Waals surface area contributed by atoms with Gasteiger partial charge in [-0.3, -0.25) is 10.8 Å². The first-order chi connectivity index (χ1) is 8.49. The van der Waals surface area contributed by atoms with Crippen LogP contribution in [0.15, 0.2) is 21.7 Å². The third kappa shape index (κ3) is 3.20. The maximum absolute atomic E-state index is 8.74. The van der Waals surface area contributed by atoms with Gasteiger partial charge in [0.2, 0.25) is 5.71 Å². The van der Waals surface area contributed by atoms with Gasteiger partial charge in [0.05, 0.1) is 22.3 Å². The van der Waals surface area contributed by atoms with Gasteiger partial charge in [-0.2, -0.15) is 15.6 Å². The van der Waals surface area contributed by atoms with Crippen molar-refractivity contribution in [3.05, 3.63) is 27.2 Å². The summed E-state index contributed by atoms with van der Waals surface area (Å²) in [7, 11) is 0. The van der Waals surface area contributed by atoms with Crippen molar-refractivity contribution in [2.45, 2.75) is 0 Å². The zero-order valence-corrected chi connectivity index (χ0v) is 11.2. The topological polar surface area (TPSA) is 122 Å². The van der Waals surface area contributed by atoms with Crippen molar-refractivity contribution >= 4 is 44.8 Å². The van der Waals surface area contributed by atoms with Gasteiger partial charge < -0.3 is 5.73 Å². The minimum atomic E-state index is -0.453. The van der Waals surface area contributed by atoms with Crippen LogP contribution >= 0.6 is 27.5 Å². The second-order valence-electron chi connectivity index (χ2n) is 3.02. The lowest BCUT2D eigenvalue weighted by Gasteiger charge is -2.07. The molecule has 6 nitrogen and oxygen atoms in total. The molecule has 0 aliphatic rings. The van der Waals surface area contributed by atoms with E-state index < -0.39 is 5.84 Å². The van der Waals surface area contributed by atoms with Crippen molar-refractivity contribution in [3.63, 3.8) is 0 Å². The molecule has 0 fully saturated rings. The molecule has 8 heteroatoms. The number of benzene rings is 1. The van der Waals surface area contributed by atoms with E-state index in [0.717, 1.165) is 0 Å². The molecule has 4 N–H and O–H groups in total. The van der Waals surface area contributed by atoms with Gasteiger partial charge >= 0.3 is 0 Å². The van der Waals surface area contributed by atoms with E-state index in [2.05, 4.69) is 26.5 Å². The van der Waals surface area contributed by atoms with E-state index in [-0.39, 0.29) is 10.7 Å². The smallest absolute Gasteiger partial charge is 0.201 e. The maximum atomic E-state index is 8.74. The molecule has 18 heavy (non-hydrogen) atoms. The quantitative estimate of drug-likeness (QED) is 0.448. The molecule has 1 aromatic carbocycles. The van der Waals surface area contributed by atoms with Crippen LogP contribution in [0.1, 0.15) is 5.56 Å². The minimum absolute atomic E-state index is 0.255. The number of hydrogen-bond acceptors (Lipinski definition) is 5. The number of nitrogens with two attached hydrogens (primary N) is 1. The lowest BCUT2D eigenvalue weighted by atomic mass is 10.2. The molecule has 0 atom stereocenters. The molecule has 1 rings (SSSR count). The summed E-state index contributed by atoms with van der Waals surface area (Å²) in [5.74, 6) is -0.453. The largest absolute Gasteiger partial charge is 0.382 e. The third-order valence-corrected chi connectivity index (χ3v) is 2.74. The van der Waals surface area contributed by atoms with Crippen LogP contribution in [-0.4, -0.2) is 11.5 Å². The van der Waals surface area contributed by atoms with Crippen LogP contribution in [0.2, 0.25) is 5.02 Å². The average Bonchev–Trinajstić information content (AvgIpc) is 2.32. The van der Waals surface area contributed by atoms with Crippen LogP contribution < -0.4 is 11.2 Å². The molecule has 90 valence electrons. The Morgan fingerprint density at radius 1 is 1.50 bits per heavy atom. The average molecular weight is 326 g/mol. The third-order valence-electron chi connectivity index (χ3n) is 1.81. The summed E-state index contributed by atoms with van der Waals surface area (Å²) in [6.07, 6.45) is 0. The Morgan fingerprint density at radius 3 is 2.61 bits per heavy atom. The first kappa shape index (κ1) is 14.0. The van der Waals surface area contributed by atoms with Gasteiger partial charge in [-0.1, -0.05) is 11.6 Å². The fourth-order valence-corrected chi connectivity index (χ4v) is 1.93. The van der Waals surface area contributed by atoms with Gasteiger partial charge in [0.15, 0.2) is 5.84 Å². The van der Waals surface area contributed by atoms with Gasteiger partial charge in [-0.25, -0.2) is 0 Å². The number of rotatable bonds is 3. The highest BCUT2D eigenvalue weighted by Crippen LogP contribution is 2.31. The van der Waals surface area contributed by atoms with Crippen LogP contribution in [-0.2, 0) is 0 Å². The summed E-state index contributed by atoms with van der Waals surface area (Å²) >= 11 is 9.15. The summed E-state index contributed by atoms with van der Waals surface area (Å²) in [5, 5.41) is 28.4. The molecule has 0 aromatic heterocycles. The van der Waals surface area contributed by atoms with E-state index in [9.17, 15) is 0 Å². The Morgan fingerprint density at radius 2 is 2.17 bits per heavy atom. The number of nitrogens with zero attached hydrogens (tertiary/aromatic N) is 3. The number of hydrogen-bond donors (Lipinski definition) is 3. The standard InChI is InChI=1S/C10H6BrClN6/c11-6-1-5(3-13)2-7(12)9(6)18-17-8(4-14)10(15)16/h1-2,18H,(H3,15,16)/b17-8+. The highest BCUT2D eigenvalue weighted by Gasteiger charge is 2.08. The summed E-state index contributed by atoms with van der Waals surface area (Å²) in [6.45, 7) is 0. The summed E-state index contributed by atoms with van der Waals surface area (Å²) in [6, 6.07) is 6.60. The first-order valence-corrected chi connectivity index (χ1v) is 5.64. The number of halogens is 2. The summed E-state index contributed by atoms with van der Waals surface area (Å²) in [4.78, 5) is 0. The predicted octanol–water partition coefficient (Wildman–Crippen LogP) is 2.20. The molecule has 0 radical (unpaired) electrons. The van der Waals surface area contributed by atoms with Crippen LogP contribution in [0.25, 0.3) is 0 Å². The van der Waals surface area contributed by atoms with Crippen molar-refractivity contribution in [1.82, 2.24) is 0 Å². The maximum Gasteiger partial charge on any atom is 0.201 e. The van der Waals surface area contributed by atoms with Crippen LogP contribution in [0.4, 0.5) is 5.69 Å². The van der Waals surface area contributed by atoms with Crippen molar-refractivity contribution in [2.75, 3.05) is 5.43 Å². The first-order valence-electron chi connectivity index (χ1n) is 4.47. The number of nitrogens with one attached hydrogen (secondary N) is 2. The monoisotopic (exact) mass is 324 g/mol. The van der Waals surface area contributed by atoms with Crippen molar-refractivity contribution in [2.24, 2.45) is 10.8 Å². The Hall–Kier alpha value is -2.09. The van der Waals surface area contributed by atoms with Gasteiger partial charge in [0, 0.05) is 4.47 Å². The van der Waals surface area contributed by atoms with E-state index in [1.807, 2.05) is 6.07 Å². The van der Waals surface area contributed by atoms with Gasteiger partial charge in [-0.15, -0.1) is 0 Å². The van der Waals surface area contributed by atoms with Crippen molar-refractivity contribution in [1.29, 1.82) is 15.9 Å². The van der Waals surface area contributed by atoms with Crippen LogP contribution in [0, 0.1) is 28.1 Å². The second-order valence-corrected chi connectivity index (χ2v) is 4.29. The molecule has 0 unspecified atom stereocenters. The summed E-state index contributed by atoms with van der Waals surface area (Å²) < 4.78 is 0.510. The number of anilines is 1. The Kier molecular flexibility index (Phi) is 4.67. The zero-order valence-electron chi connectivity index (χ0n) is 8.83. The van der Waals surface area contributed by atoms with E-state index >= 15 is 0 Å². The summed E-state index contributed by atoms with van der Waals surface area (Å²) in [5.41, 5.74) is 8.16. The lowest BCUT2D eigenvalue weighted by molar-refractivity contribution is 1.32.